The van der Waals surface area contributed by atoms with E-state index < -0.39 is 23.2 Å². The molecule has 7 nitrogen and oxygen atoms in total. The number of anilines is 1. The number of carbonyl (C=O) groups is 1. The van der Waals surface area contributed by atoms with Crippen LogP contribution < -0.4 is 10.3 Å². The maximum atomic E-state index is 11.9. The summed E-state index contributed by atoms with van der Waals surface area (Å²) in [7, 11) is 3.87. The van der Waals surface area contributed by atoms with E-state index in [1.807, 2.05) is 43.3 Å². The smallest absolute Gasteiger partial charge is 0.271 e. The summed E-state index contributed by atoms with van der Waals surface area (Å²) in [5.74, 6) is -2.47. The number of nitrogens with one attached hydrogen (secondary N) is 1. The van der Waals surface area contributed by atoms with Crippen LogP contribution in [0.2, 0.25) is 0 Å². The Morgan fingerprint density at radius 1 is 1.09 bits per heavy atom. The average Bonchev–Trinajstić information content (AvgIpc) is 2.52. The van der Waals surface area contributed by atoms with Crippen molar-refractivity contribution in [1.82, 2.24) is 5.43 Å². The summed E-state index contributed by atoms with van der Waals surface area (Å²) >= 11 is 0. The van der Waals surface area contributed by atoms with Crippen molar-refractivity contribution in [2.24, 2.45) is 5.10 Å². The fraction of sp³-hybridized carbons (Fsp3) is 0.125. The first-order valence-electron chi connectivity index (χ1n) is 6.74. The molecular weight excluding hydrogens is 298 g/mol. The number of hydrazone groups is 1. The van der Waals surface area contributed by atoms with Crippen LogP contribution >= 0.6 is 0 Å². The molecule has 4 N–H and O–H groups in total. The minimum atomic E-state index is -0.675. The second-order valence-electron chi connectivity index (χ2n) is 5.05. The van der Waals surface area contributed by atoms with Crippen molar-refractivity contribution in [1.29, 1.82) is 0 Å². The molecule has 0 bridgehead atoms. The highest BCUT2D eigenvalue weighted by Crippen LogP contribution is 2.35. The van der Waals surface area contributed by atoms with E-state index >= 15 is 0 Å². The molecule has 0 radical (unpaired) electrons. The normalized spacial score (nSPS) is 10.7. The van der Waals surface area contributed by atoms with Gasteiger partial charge in [-0.15, -0.1) is 0 Å². The Hall–Kier alpha value is -3.22. The van der Waals surface area contributed by atoms with Gasteiger partial charge in [-0.05, 0) is 29.8 Å². The van der Waals surface area contributed by atoms with E-state index in [0.29, 0.717) is 0 Å². The highest BCUT2D eigenvalue weighted by atomic mass is 16.3. The number of amides is 1. The number of benzene rings is 2. The predicted molar refractivity (Wildman–Crippen MR) is 87.3 cm³/mol. The molecule has 0 aliphatic heterocycles. The fourth-order valence-electron chi connectivity index (χ4n) is 1.82. The van der Waals surface area contributed by atoms with E-state index in [0.717, 1.165) is 23.4 Å². The number of phenolic OH excluding ortho intramolecular Hbond substituents is 3. The first-order valence-corrected chi connectivity index (χ1v) is 6.74. The van der Waals surface area contributed by atoms with Gasteiger partial charge in [-0.1, -0.05) is 12.1 Å². The minimum Gasteiger partial charge on any atom is -0.504 e. The molecule has 0 fully saturated rings. The van der Waals surface area contributed by atoms with Crippen molar-refractivity contribution in [2.45, 2.75) is 0 Å². The highest BCUT2D eigenvalue weighted by Gasteiger charge is 2.12. The van der Waals surface area contributed by atoms with Gasteiger partial charge in [0.25, 0.3) is 5.91 Å². The Bertz CT molecular complexity index is 716. The topological polar surface area (TPSA) is 105 Å². The van der Waals surface area contributed by atoms with Crippen LogP contribution in [0.4, 0.5) is 5.69 Å². The van der Waals surface area contributed by atoms with Crippen molar-refractivity contribution in [3.8, 4) is 17.2 Å². The summed E-state index contributed by atoms with van der Waals surface area (Å²) in [5, 5.41) is 31.8. The third-order valence-electron chi connectivity index (χ3n) is 3.12. The standard InChI is InChI=1S/C16H17N3O4/c1-19(2)12-5-3-10(4-6-12)9-17-18-16(23)11-7-13(20)15(22)14(21)8-11/h3-9,20-22H,1-2H3,(H,18,23)/b17-9+. The summed E-state index contributed by atoms with van der Waals surface area (Å²) in [4.78, 5) is 13.8. The number of hydrogen-bond donors (Lipinski definition) is 4. The van der Waals surface area contributed by atoms with E-state index in [1.165, 1.54) is 6.21 Å². The van der Waals surface area contributed by atoms with Crippen molar-refractivity contribution in [3.63, 3.8) is 0 Å². The summed E-state index contributed by atoms with van der Waals surface area (Å²) in [6.07, 6.45) is 1.47. The van der Waals surface area contributed by atoms with Gasteiger partial charge in [-0.3, -0.25) is 4.79 Å². The Kier molecular flexibility index (Phi) is 4.70. The number of aromatic hydroxyl groups is 3. The van der Waals surface area contributed by atoms with Gasteiger partial charge >= 0.3 is 0 Å². The van der Waals surface area contributed by atoms with Gasteiger partial charge in [-0.2, -0.15) is 5.10 Å². The summed E-state index contributed by atoms with van der Waals surface area (Å²) in [6, 6.07) is 9.60. The van der Waals surface area contributed by atoms with Gasteiger partial charge in [0, 0.05) is 25.3 Å². The third kappa shape index (κ3) is 3.91. The van der Waals surface area contributed by atoms with Crippen molar-refractivity contribution in [2.75, 3.05) is 19.0 Å². The van der Waals surface area contributed by atoms with Gasteiger partial charge in [-0.25, -0.2) is 5.43 Å². The SMILES string of the molecule is CN(C)c1ccc(/C=N/NC(=O)c2cc(O)c(O)c(O)c2)cc1. The van der Waals surface area contributed by atoms with Crippen LogP contribution in [0.1, 0.15) is 15.9 Å². The van der Waals surface area contributed by atoms with Gasteiger partial charge in [0.15, 0.2) is 17.2 Å². The van der Waals surface area contributed by atoms with E-state index in [9.17, 15) is 20.1 Å². The van der Waals surface area contributed by atoms with Gasteiger partial charge in [0.05, 0.1) is 6.21 Å². The molecule has 2 rings (SSSR count). The zero-order valence-electron chi connectivity index (χ0n) is 12.7. The first kappa shape index (κ1) is 16.2. The molecule has 1 amide bonds. The molecule has 0 aliphatic carbocycles. The van der Waals surface area contributed by atoms with Crippen LogP contribution in [0, 0.1) is 0 Å². The van der Waals surface area contributed by atoms with Crippen LogP contribution in [-0.4, -0.2) is 41.5 Å². The van der Waals surface area contributed by atoms with E-state index in [4.69, 9.17) is 0 Å². The average molecular weight is 315 g/mol. The molecule has 0 aliphatic rings. The zero-order chi connectivity index (χ0) is 17.0. The van der Waals surface area contributed by atoms with Crippen LogP contribution in [0.15, 0.2) is 41.5 Å². The van der Waals surface area contributed by atoms with Crippen molar-refractivity contribution >= 4 is 17.8 Å². The third-order valence-corrected chi connectivity index (χ3v) is 3.12. The van der Waals surface area contributed by atoms with Crippen molar-refractivity contribution < 1.29 is 20.1 Å². The molecule has 0 atom stereocenters. The molecule has 0 saturated carbocycles. The first-order chi connectivity index (χ1) is 10.9. The lowest BCUT2D eigenvalue weighted by Gasteiger charge is -2.11. The van der Waals surface area contributed by atoms with Gasteiger partial charge < -0.3 is 20.2 Å². The van der Waals surface area contributed by atoms with Gasteiger partial charge in [0.2, 0.25) is 0 Å². The number of nitrogens with zero attached hydrogens (tertiary/aromatic N) is 2. The van der Waals surface area contributed by atoms with Crippen LogP contribution in [0.5, 0.6) is 17.2 Å². The molecule has 0 heterocycles. The predicted octanol–water partition coefficient (Wildman–Crippen LogP) is 1.63. The van der Waals surface area contributed by atoms with E-state index in [-0.39, 0.29) is 5.56 Å². The largest absolute Gasteiger partial charge is 0.504 e. The van der Waals surface area contributed by atoms with E-state index in [2.05, 4.69) is 10.5 Å². The second kappa shape index (κ2) is 6.69. The molecule has 0 spiro atoms. The Morgan fingerprint density at radius 2 is 1.65 bits per heavy atom. The molecule has 0 saturated heterocycles. The molecule has 0 aromatic heterocycles. The number of rotatable bonds is 4. The van der Waals surface area contributed by atoms with Crippen molar-refractivity contribution in [3.05, 3.63) is 47.5 Å². The van der Waals surface area contributed by atoms with Gasteiger partial charge in [0.1, 0.15) is 0 Å². The molecule has 120 valence electrons. The molecule has 0 unspecified atom stereocenters. The van der Waals surface area contributed by atoms with Crippen LogP contribution in [-0.2, 0) is 0 Å². The summed E-state index contributed by atoms with van der Waals surface area (Å²) in [5.41, 5.74) is 4.09. The number of carbonyl (C=O) groups excluding carboxylic acids is 1. The zero-order valence-corrected chi connectivity index (χ0v) is 12.7. The Labute approximate surface area is 133 Å². The highest BCUT2D eigenvalue weighted by molar-refractivity contribution is 5.96. The van der Waals surface area contributed by atoms with Crippen LogP contribution in [0.3, 0.4) is 0 Å². The fourth-order valence-corrected chi connectivity index (χ4v) is 1.82. The summed E-state index contributed by atoms with van der Waals surface area (Å²) in [6.45, 7) is 0. The minimum absolute atomic E-state index is 0.0297. The molecule has 2 aromatic rings. The maximum absolute atomic E-state index is 11.9. The maximum Gasteiger partial charge on any atom is 0.271 e. The Morgan fingerprint density at radius 3 is 2.17 bits per heavy atom. The lowest BCUT2D eigenvalue weighted by molar-refractivity contribution is 0.0954. The van der Waals surface area contributed by atoms with E-state index in [1.54, 1.807) is 0 Å². The Balaban J connectivity index is 2.04. The number of phenols is 3. The number of hydrogen-bond acceptors (Lipinski definition) is 6. The molecule has 7 heteroatoms. The second-order valence-corrected chi connectivity index (χ2v) is 5.05. The molecule has 2 aromatic carbocycles. The summed E-state index contributed by atoms with van der Waals surface area (Å²) < 4.78 is 0. The molecular formula is C16H17N3O4. The quantitative estimate of drug-likeness (QED) is 0.390. The molecule has 23 heavy (non-hydrogen) atoms. The van der Waals surface area contributed by atoms with Crippen LogP contribution in [0.25, 0.3) is 0 Å². The lowest BCUT2D eigenvalue weighted by Crippen LogP contribution is -2.17. The monoisotopic (exact) mass is 315 g/mol. The lowest BCUT2D eigenvalue weighted by atomic mass is 10.2.